The molecule has 2 rings (SSSR count). The summed E-state index contributed by atoms with van der Waals surface area (Å²) in [5.41, 5.74) is 6.66. The van der Waals surface area contributed by atoms with Gasteiger partial charge in [0.15, 0.2) is 0 Å². The van der Waals surface area contributed by atoms with Crippen molar-refractivity contribution in [2.24, 2.45) is 10.8 Å². The Kier molecular flexibility index (Phi) is 2.90. The van der Waals surface area contributed by atoms with Crippen molar-refractivity contribution in [2.75, 3.05) is 16.3 Å². The molecule has 0 radical (unpaired) electrons. The number of benzene rings is 1. The fourth-order valence-corrected chi connectivity index (χ4v) is 1.95. The van der Waals surface area contributed by atoms with E-state index in [0.29, 0.717) is 18.8 Å². The molecular weight excluding hydrogens is 244 g/mol. The van der Waals surface area contributed by atoms with E-state index in [1.807, 2.05) is 4.72 Å². The maximum atomic E-state index is 10.6. The molecule has 0 unspecified atom stereocenters. The molecule has 17 heavy (non-hydrogen) atoms. The van der Waals surface area contributed by atoms with Crippen LogP contribution < -0.4 is 15.5 Å². The summed E-state index contributed by atoms with van der Waals surface area (Å²) < 4.78 is 31.7. The van der Waals surface area contributed by atoms with E-state index in [0.717, 1.165) is 5.69 Å². The van der Waals surface area contributed by atoms with Crippen molar-refractivity contribution in [1.82, 2.24) is 0 Å². The van der Waals surface area contributed by atoms with Crippen molar-refractivity contribution >= 4 is 27.5 Å². The Balaban J connectivity index is 2.13. The van der Waals surface area contributed by atoms with Gasteiger partial charge in [0.25, 0.3) is 0 Å². The van der Waals surface area contributed by atoms with Crippen molar-refractivity contribution in [3.8, 4) is 0 Å². The second-order valence-corrected chi connectivity index (χ2v) is 4.74. The molecule has 0 aromatic heterocycles. The zero-order valence-corrected chi connectivity index (χ0v) is 9.68. The predicted molar refractivity (Wildman–Crippen MR) is 65.2 cm³/mol. The van der Waals surface area contributed by atoms with E-state index in [1.54, 1.807) is 17.1 Å². The van der Waals surface area contributed by atoms with Crippen LogP contribution in [0.1, 0.15) is 6.42 Å². The van der Waals surface area contributed by atoms with Gasteiger partial charge in [0.1, 0.15) is 5.84 Å². The van der Waals surface area contributed by atoms with Crippen LogP contribution in [0.5, 0.6) is 0 Å². The van der Waals surface area contributed by atoms with Gasteiger partial charge in [-0.15, -0.1) is 0 Å². The number of amidine groups is 1. The Bertz CT molecular complexity index is 538. The van der Waals surface area contributed by atoms with Gasteiger partial charge in [0.05, 0.1) is 11.4 Å². The fourth-order valence-electron chi connectivity index (χ4n) is 1.51. The van der Waals surface area contributed by atoms with Crippen molar-refractivity contribution in [1.29, 1.82) is 0 Å². The van der Waals surface area contributed by atoms with Crippen LogP contribution in [0.2, 0.25) is 0 Å². The third kappa shape index (κ3) is 3.08. The van der Waals surface area contributed by atoms with Gasteiger partial charge in [-0.3, -0.25) is 14.3 Å². The normalized spacial score (nSPS) is 15.8. The molecule has 0 saturated heterocycles. The molecular formula is C9H12N4O3S. The molecule has 8 heteroatoms. The second kappa shape index (κ2) is 4.22. The monoisotopic (exact) mass is 256 g/mol. The molecule has 0 bridgehead atoms. The van der Waals surface area contributed by atoms with E-state index in [1.165, 1.54) is 12.1 Å². The quantitative estimate of drug-likeness (QED) is 0.678. The first-order valence-corrected chi connectivity index (χ1v) is 6.34. The van der Waals surface area contributed by atoms with Crippen LogP contribution in [0.3, 0.4) is 0 Å². The minimum absolute atomic E-state index is 0.285. The van der Waals surface area contributed by atoms with Crippen LogP contribution in [0.25, 0.3) is 0 Å². The maximum absolute atomic E-state index is 10.6. The third-order valence-electron chi connectivity index (χ3n) is 2.24. The van der Waals surface area contributed by atoms with Crippen LogP contribution >= 0.6 is 0 Å². The maximum Gasteiger partial charge on any atom is 0.357 e. The molecule has 0 amide bonds. The summed E-state index contributed by atoms with van der Waals surface area (Å²) in [5, 5.41) is 5.83. The van der Waals surface area contributed by atoms with Gasteiger partial charge in [-0.2, -0.15) is 13.5 Å². The highest BCUT2D eigenvalue weighted by Crippen LogP contribution is 2.21. The topological polar surface area (TPSA) is 108 Å². The standard InChI is InChI=1S/C9H12N4O3S/c10-9-5-6-13(11-9)8-3-1-7(2-4-8)12-17(14,15)16/h1-4,12H,5-6H2,(H2,10,11)(H,14,15,16). The highest BCUT2D eigenvalue weighted by atomic mass is 32.2. The lowest BCUT2D eigenvalue weighted by Crippen LogP contribution is -2.13. The number of nitrogens with zero attached hydrogens (tertiary/aromatic N) is 2. The molecule has 0 saturated carbocycles. The van der Waals surface area contributed by atoms with E-state index in [-0.39, 0.29) is 5.69 Å². The van der Waals surface area contributed by atoms with Crippen molar-refractivity contribution in [2.45, 2.75) is 6.42 Å². The molecule has 1 aromatic rings. The van der Waals surface area contributed by atoms with Crippen molar-refractivity contribution in [3.63, 3.8) is 0 Å². The minimum atomic E-state index is -4.23. The number of nitrogens with one attached hydrogen (secondary N) is 1. The highest BCUT2D eigenvalue weighted by Gasteiger charge is 2.13. The van der Waals surface area contributed by atoms with Gasteiger partial charge in [0, 0.05) is 13.0 Å². The summed E-state index contributed by atoms with van der Waals surface area (Å²) in [6, 6.07) is 6.45. The number of hydrogen-bond acceptors (Lipinski definition) is 5. The molecule has 1 aromatic carbocycles. The molecule has 1 aliphatic rings. The summed E-state index contributed by atoms with van der Waals surface area (Å²) in [6.07, 6.45) is 0.713. The molecule has 1 aliphatic heterocycles. The Hall–Kier alpha value is -1.80. The summed E-state index contributed by atoms with van der Waals surface area (Å²) in [5.74, 6) is 0.574. The minimum Gasteiger partial charge on any atom is -0.386 e. The Morgan fingerprint density at radius 1 is 1.35 bits per heavy atom. The summed E-state index contributed by atoms with van der Waals surface area (Å²) in [7, 11) is -4.23. The molecule has 0 spiro atoms. The average Bonchev–Trinajstić information content (AvgIpc) is 2.63. The first-order valence-electron chi connectivity index (χ1n) is 4.90. The zero-order valence-electron chi connectivity index (χ0n) is 8.87. The van der Waals surface area contributed by atoms with Crippen LogP contribution in [-0.2, 0) is 10.3 Å². The Labute approximate surface area is 98.8 Å². The SMILES string of the molecule is NC1=NN(c2ccc(NS(=O)(=O)O)cc2)CC1. The average molecular weight is 256 g/mol. The number of rotatable bonds is 3. The van der Waals surface area contributed by atoms with Gasteiger partial charge in [-0.25, -0.2) is 0 Å². The van der Waals surface area contributed by atoms with Crippen molar-refractivity contribution in [3.05, 3.63) is 24.3 Å². The largest absolute Gasteiger partial charge is 0.386 e. The van der Waals surface area contributed by atoms with Gasteiger partial charge in [-0.05, 0) is 24.3 Å². The van der Waals surface area contributed by atoms with Gasteiger partial charge < -0.3 is 5.73 Å². The summed E-state index contributed by atoms with van der Waals surface area (Å²) >= 11 is 0. The van der Waals surface area contributed by atoms with Crippen molar-refractivity contribution < 1.29 is 13.0 Å². The van der Waals surface area contributed by atoms with Crippen LogP contribution in [0.15, 0.2) is 29.4 Å². The smallest absolute Gasteiger partial charge is 0.357 e. The van der Waals surface area contributed by atoms with Gasteiger partial charge in [-0.1, -0.05) is 0 Å². The van der Waals surface area contributed by atoms with Crippen LogP contribution in [0, 0.1) is 0 Å². The first kappa shape index (κ1) is 11.7. The number of anilines is 2. The Morgan fingerprint density at radius 3 is 2.47 bits per heavy atom. The highest BCUT2D eigenvalue weighted by molar-refractivity contribution is 7.87. The number of hydrogen-bond donors (Lipinski definition) is 3. The number of hydrazone groups is 1. The molecule has 4 N–H and O–H groups in total. The molecule has 7 nitrogen and oxygen atoms in total. The lowest BCUT2D eigenvalue weighted by molar-refractivity contribution is 0.490. The van der Waals surface area contributed by atoms with E-state index in [4.69, 9.17) is 10.3 Å². The molecule has 92 valence electrons. The van der Waals surface area contributed by atoms with Gasteiger partial charge >= 0.3 is 10.3 Å². The molecule has 0 atom stereocenters. The second-order valence-electron chi connectivity index (χ2n) is 3.59. The van der Waals surface area contributed by atoms with E-state index >= 15 is 0 Å². The van der Waals surface area contributed by atoms with Crippen LogP contribution in [0.4, 0.5) is 11.4 Å². The van der Waals surface area contributed by atoms with Gasteiger partial charge in [0.2, 0.25) is 0 Å². The Morgan fingerprint density at radius 2 is 2.00 bits per heavy atom. The zero-order chi connectivity index (χ0) is 12.5. The third-order valence-corrected chi connectivity index (χ3v) is 2.73. The fraction of sp³-hybridized carbons (Fsp3) is 0.222. The summed E-state index contributed by atoms with van der Waals surface area (Å²) in [6.45, 7) is 0.705. The number of nitrogens with two attached hydrogens (primary N) is 1. The first-order chi connectivity index (χ1) is 7.94. The predicted octanol–water partition coefficient (Wildman–Crippen LogP) is 0.384. The molecule has 0 aliphatic carbocycles. The molecule has 0 fully saturated rings. The summed E-state index contributed by atoms with van der Waals surface area (Å²) in [4.78, 5) is 0. The van der Waals surface area contributed by atoms with E-state index in [9.17, 15) is 8.42 Å². The lowest BCUT2D eigenvalue weighted by atomic mass is 10.3. The molecule has 1 heterocycles. The van der Waals surface area contributed by atoms with Crippen LogP contribution in [-0.4, -0.2) is 25.4 Å². The van der Waals surface area contributed by atoms with E-state index in [2.05, 4.69) is 5.10 Å². The lowest BCUT2D eigenvalue weighted by Gasteiger charge is -2.13. The van der Waals surface area contributed by atoms with E-state index < -0.39 is 10.3 Å².